The van der Waals surface area contributed by atoms with E-state index < -0.39 is 5.67 Å². The van der Waals surface area contributed by atoms with Crippen LogP contribution in [0.3, 0.4) is 0 Å². The van der Waals surface area contributed by atoms with Crippen molar-refractivity contribution >= 4 is 16.7 Å². The van der Waals surface area contributed by atoms with Crippen LogP contribution in [-0.4, -0.2) is 25.4 Å². The monoisotopic (exact) mass is 369 g/mol. The Hall–Kier alpha value is -3.59. The Bertz CT molecular complexity index is 1230. The summed E-state index contributed by atoms with van der Waals surface area (Å²) in [5, 5.41) is 5.36. The molecular formula is C22H16FN5. The fraction of sp³-hybridized carbons (Fsp3) is 0.182. The molecule has 0 amide bonds. The van der Waals surface area contributed by atoms with Crippen LogP contribution < -0.4 is 0 Å². The SMILES string of the molecule is [C-]#[N+]c1ccc(-c2cnn(CC3(F)CC3)c2)c(-c2ccc3cccnc3c2)n1. The zero-order valence-electron chi connectivity index (χ0n) is 15.0. The van der Waals surface area contributed by atoms with E-state index in [4.69, 9.17) is 6.57 Å². The number of hydrogen-bond acceptors (Lipinski definition) is 3. The van der Waals surface area contributed by atoms with Gasteiger partial charge in [-0.05, 0) is 37.1 Å². The topological polar surface area (TPSA) is 48.0 Å². The van der Waals surface area contributed by atoms with Crippen molar-refractivity contribution in [2.45, 2.75) is 25.1 Å². The summed E-state index contributed by atoms with van der Waals surface area (Å²) in [4.78, 5) is 12.4. The Morgan fingerprint density at radius 1 is 1.14 bits per heavy atom. The largest absolute Gasteiger partial charge is 0.361 e. The molecule has 1 aromatic carbocycles. The van der Waals surface area contributed by atoms with E-state index in [1.807, 2.05) is 42.6 Å². The summed E-state index contributed by atoms with van der Waals surface area (Å²) < 4.78 is 15.7. The van der Waals surface area contributed by atoms with E-state index in [9.17, 15) is 4.39 Å². The minimum absolute atomic E-state index is 0.274. The Balaban J connectivity index is 1.61. The van der Waals surface area contributed by atoms with Gasteiger partial charge in [-0.2, -0.15) is 5.10 Å². The molecule has 0 N–H and O–H groups in total. The first-order chi connectivity index (χ1) is 13.6. The molecule has 0 saturated heterocycles. The molecule has 136 valence electrons. The van der Waals surface area contributed by atoms with Crippen molar-refractivity contribution in [2.24, 2.45) is 0 Å². The highest BCUT2D eigenvalue weighted by Crippen LogP contribution is 2.41. The molecule has 6 heteroatoms. The second-order valence-corrected chi connectivity index (χ2v) is 7.17. The second kappa shape index (κ2) is 6.24. The first kappa shape index (κ1) is 16.6. The van der Waals surface area contributed by atoms with E-state index in [0.717, 1.165) is 27.6 Å². The molecular weight excluding hydrogens is 353 g/mol. The van der Waals surface area contributed by atoms with Gasteiger partial charge in [0.15, 0.2) is 5.69 Å². The van der Waals surface area contributed by atoms with Crippen molar-refractivity contribution in [3.05, 3.63) is 72.5 Å². The minimum Gasteiger partial charge on any atom is -0.361 e. The van der Waals surface area contributed by atoms with Crippen LogP contribution in [0, 0.1) is 6.57 Å². The Morgan fingerprint density at radius 2 is 2.04 bits per heavy atom. The lowest BCUT2D eigenvalue weighted by Crippen LogP contribution is -2.12. The average Bonchev–Trinajstić information content (AvgIpc) is 3.28. The summed E-state index contributed by atoms with van der Waals surface area (Å²) in [6.45, 7) is 7.58. The molecule has 0 radical (unpaired) electrons. The van der Waals surface area contributed by atoms with Gasteiger partial charge >= 0.3 is 0 Å². The summed E-state index contributed by atoms with van der Waals surface area (Å²) in [5.41, 5.74) is 3.04. The molecule has 5 nitrogen and oxygen atoms in total. The molecule has 1 saturated carbocycles. The van der Waals surface area contributed by atoms with Crippen molar-refractivity contribution in [1.29, 1.82) is 0 Å². The van der Waals surface area contributed by atoms with Crippen LogP contribution in [0.15, 0.2) is 61.1 Å². The normalized spacial score (nSPS) is 14.7. The molecule has 3 heterocycles. The van der Waals surface area contributed by atoms with Crippen molar-refractivity contribution < 1.29 is 4.39 Å². The maximum Gasteiger partial charge on any atom is 0.270 e. The van der Waals surface area contributed by atoms with Crippen LogP contribution in [0.2, 0.25) is 0 Å². The van der Waals surface area contributed by atoms with E-state index in [0.29, 0.717) is 24.4 Å². The highest BCUT2D eigenvalue weighted by Gasteiger charge is 2.43. The molecule has 0 atom stereocenters. The van der Waals surface area contributed by atoms with Crippen LogP contribution in [0.4, 0.5) is 10.2 Å². The Labute approximate surface area is 161 Å². The third kappa shape index (κ3) is 3.01. The van der Waals surface area contributed by atoms with E-state index in [-0.39, 0.29) is 6.54 Å². The first-order valence-corrected chi connectivity index (χ1v) is 9.09. The lowest BCUT2D eigenvalue weighted by Gasteiger charge is -2.07. The predicted molar refractivity (Wildman–Crippen MR) is 106 cm³/mol. The summed E-state index contributed by atoms with van der Waals surface area (Å²) >= 11 is 0. The standard InChI is InChI=1S/C22H16FN5/c1-24-20-7-6-18(17-12-26-28(13-17)14-22(23)8-9-22)21(27-20)16-5-4-15-3-2-10-25-19(15)11-16/h2-7,10-13H,8-9,14H2. The van der Waals surface area contributed by atoms with Gasteiger partial charge in [-0.3, -0.25) is 9.67 Å². The quantitative estimate of drug-likeness (QED) is 0.464. The number of alkyl halides is 1. The van der Waals surface area contributed by atoms with Crippen LogP contribution in [0.5, 0.6) is 0 Å². The maximum atomic E-state index is 14.1. The summed E-state index contributed by atoms with van der Waals surface area (Å²) in [5.74, 6) is 0.327. The average molecular weight is 369 g/mol. The van der Waals surface area contributed by atoms with Crippen molar-refractivity contribution in [2.75, 3.05) is 0 Å². The first-order valence-electron chi connectivity index (χ1n) is 9.09. The highest BCUT2D eigenvalue weighted by atomic mass is 19.1. The van der Waals surface area contributed by atoms with Crippen LogP contribution >= 0.6 is 0 Å². The predicted octanol–water partition coefficient (Wildman–Crippen LogP) is 5.21. The number of rotatable bonds is 4. The zero-order chi connectivity index (χ0) is 19.1. The zero-order valence-corrected chi connectivity index (χ0v) is 15.0. The molecule has 3 aromatic heterocycles. The molecule has 0 aliphatic heterocycles. The molecule has 0 bridgehead atoms. The Morgan fingerprint density at radius 3 is 2.86 bits per heavy atom. The second-order valence-electron chi connectivity index (χ2n) is 7.17. The summed E-state index contributed by atoms with van der Waals surface area (Å²) in [6.07, 6.45) is 6.52. The molecule has 1 fully saturated rings. The van der Waals surface area contributed by atoms with Crippen LogP contribution in [-0.2, 0) is 6.54 Å². The number of pyridine rings is 2. The molecule has 5 rings (SSSR count). The van der Waals surface area contributed by atoms with Gasteiger partial charge in [0, 0.05) is 34.5 Å². The number of nitrogens with zero attached hydrogens (tertiary/aromatic N) is 5. The molecule has 28 heavy (non-hydrogen) atoms. The van der Waals surface area contributed by atoms with Gasteiger partial charge in [-0.25, -0.2) is 4.39 Å². The number of fused-ring (bicyclic) bond motifs is 1. The van der Waals surface area contributed by atoms with Gasteiger partial charge in [0.2, 0.25) is 0 Å². The molecule has 4 aromatic rings. The fourth-order valence-electron chi connectivity index (χ4n) is 3.35. The highest BCUT2D eigenvalue weighted by molar-refractivity contribution is 5.88. The number of aromatic nitrogens is 4. The smallest absolute Gasteiger partial charge is 0.270 e. The third-order valence-electron chi connectivity index (χ3n) is 5.06. The maximum absolute atomic E-state index is 14.1. The van der Waals surface area contributed by atoms with Crippen LogP contribution in [0.25, 0.3) is 38.1 Å². The van der Waals surface area contributed by atoms with Gasteiger partial charge < -0.3 is 4.85 Å². The summed E-state index contributed by atoms with van der Waals surface area (Å²) in [6, 6.07) is 13.4. The summed E-state index contributed by atoms with van der Waals surface area (Å²) in [7, 11) is 0. The molecule has 1 aliphatic rings. The number of benzene rings is 1. The number of halogens is 1. The van der Waals surface area contributed by atoms with Gasteiger partial charge in [0.25, 0.3) is 5.82 Å². The minimum atomic E-state index is -1.11. The lowest BCUT2D eigenvalue weighted by atomic mass is 10.0. The van der Waals surface area contributed by atoms with E-state index in [1.54, 1.807) is 23.1 Å². The van der Waals surface area contributed by atoms with Gasteiger partial charge in [-0.1, -0.05) is 24.8 Å². The van der Waals surface area contributed by atoms with E-state index in [1.165, 1.54) is 0 Å². The van der Waals surface area contributed by atoms with Crippen molar-refractivity contribution in [1.82, 2.24) is 19.7 Å². The van der Waals surface area contributed by atoms with Crippen LogP contribution in [0.1, 0.15) is 12.8 Å². The van der Waals surface area contributed by atoms with E-state index >= 15 is 0 Å². The van der Waals surface area contributed by atoms with Gasteiger partial charge in [-0.15, -0.1) is 4.98 Å². The van der Waals surface area contributed by atoms with Gasteiger partial charge in [0.1, 0.15) is 5.67 Å². The Kier molecular flexibility index (Phi) is 3.69. The van der Waals surface area contributed by atoms with Gasteiger partial charge in [0.05, 0.1) is 18.3 Å². The lowest BCUT2D eigenvalue weighted by molar-refractivity contribution is 0.261. The third-order valence-corrected chi connectivity index (χ3v) is 5.06. The van der Waals surface area contributed by atoms with E-state index in [2.05, 4.69) is 19.9 Å². The molecule has 0 spiro atoms. The molecule has 0 unspecified atom stereocenters. The van der Waals surface area contributed by atoms with Crippen molar-refractivity contribution in [3.63, 3.8) is 0 Å². The molecule has 1 aliphatic carbocycles. The van der Waals surface area contributed by atoms with Crippen molar-refractivity contribution in [3.8, 4) is 22.4 Å². The fourth-order valence-corrected chi connectivity index (χ4v) is 3.35. The number of hydrogen-bond donors (Lipinski definition) is 0.